The minimum atomic E-state index is 0.501. The molecule has 0 radical (unpaired) electrons. The first kappa shape index (κ1) is 12.2. The van der Waals surface area contributed by atoms with Crippen LogP contribution in [0.2, 0.25) is 0 Å². The Morgan fingerprint density at radius 1 is 1.14 bits per heavy atom. The molecule has 3 aromatic rings. The Morgan fingerprint density at radius 3 is 3.09 bits per heavy atom. The van der Waals surface area contributed by atoms with Crippen LogP contribution in [0.3, 0.4) is 0 Å². The van der Waals surface area contributed by atoms with Crippen molar-refractivity contribution in [3.05, 3.63) is 41.2 Å². The molecule has 0 atom stereocenters. The first-order valence-electron chi connectivity index (χ1n) is 7.68. The van der Waals surface area contributed by atoms with Gasteiger partial charge in [-0.2, -0.15) is 4.89 Å². The first-order chi connectivity index (χ1) is 10.9. The smallest absolute Gasteiger partial charge is 0.171 e. The molecule has 1 aliphatic heterocycles. The standard InChI is InChI=1S/C17H15N3O2/c1-2-4-13-12(3-1)16-14(19-13)8-18-17(20-16)10-5-6-11-9-21-22-15(11)7-10/h5-8,19H,1-4,9H2. The summed E-state index contributed by atoms with van der Waals surface area (Å²) < 4.78 is 0. The number of aryl methyl sites for hydroxylation is 2. The molecule has 5 nitrogen and oxygen atoms in total. The Bertz CT molecular complexity index is 885. The Kier molecular flexibility index (Phi) is 2.52. The quantitative estimate of drug-likeness (QED) is 0.699. The fourth-order valence-corrected chi connectivity index (χ4v) is 3.36. The lowest BCUT2D eigenvalue weighted by atomic mass is 9.97. The summed E-state index contributed by atoms with van der Waals surface area (Å²) in [6, 6.07) is 5.98. The Labute approximate surface area is 127 Å². The van der Waals surface area contributed by atoms with E-state index < -0.39 is 0 Å². The third-order valence-corrected chi connectivity index (χ3v) is 4.52. The Morgan fingerprint density at radius 2 is 2.09 bits per heavy atom. The summed E-state index contributed by atoms with van der Waals surface area (Å²) in [6.45, 7) is 0.501. The molecule has 0 unspecified atom stereocenters. The van der Waals surface area contributed by atoms with Gasteiger partial charge in [-0.1, -0.05) is 12.1 Å². The van der Waals surface area contributed by atoms with Crippen molar-refractivity contribution in [2.75, 3.05) is 0 Å². The number of hydrogen-bond acceptors (Lipinski definition) is 4. The molecular formula is C17H15N3O2. The van der Waals surface area contributed by atoms with Crippen molar-refractivity contribution >= 4 is 11.0 Å². The summed E-state index contributed by atoms with van der Waals surface area (Å²) in [7, 11) is 0. The zero-order valence-corrected chi connectivity index (χ0v) is 12.1. The average Bonchev–Trinajstić information content (AvgIpc) is 3.17. The van der Waals surface area contributed by atoms with E-state index in [9.17, 15) is 0 Å². The summed E-state index contributed by atoms with van der Waals surface area (Å²) in [5.74, 6) is 1.50. The molecule has 2 aliphatic rings. The zero-order chi connectivity index (χ0) is 14.5. The van der Waals surface area contributed by atoms with E-state index in [-0.39, 0.29) is 0 Å². The third-order valence-electron chi connectivity index (χ3n) is 4.52. The number of rotatable bonds is 1. The second kappa shape index (κ2) is 4.55. The molecule has 0 amide bonds. The number of aromatic amines is 1. The van der Waals surface area contributed by atoms with Crippen LogP contribution in [0.1, 0.15) is 29.7 Å². The lowest BCUT2D eigenvalue weighted by Crippen LogP contribution is -2.00. The minimum absolute atomic E-state index is 0.501. The summed E-state index contributed by atoms with van der Waals surface area (Å²) in [5, 5.41) is 0. The van der Waals surface area contributed by atoms with Gasteiger partial charge in [-0.3, -0.25) is 0 Å². The van der Waals surface area contributed by atoms with E-state index in [1.807, 2.05) is 24.4 Å². The van der Waals surface area contributed by atoms with Crippen LogP contribution in [0.15, 0.2) is 24.4 Å². The van der Waals surface area contributed by atoms with Crippen molar-refractivity contribution in [3.63, 3.8) is 0 Å². The van der Waals surface area contributed by atoms with Gasteiger partial charge in [0.25, 0.3) is 0 Å². The highest BCUT2D eigenvalue weighted by Crippen LogP contribution is 2.32. The maximum absolute atomic E-state index is 5.16. The summed E-state index contributed by atoms with van der Waals surface area (Å²) in [6.07, 6.45) is 6.60. The molecule has 0 saturated heterocycles. The van der Waals surface area contributed by atoms with E-state index in [1.165, 1.54) is 24.1 Å². The van der Waals surface area contributed by atoms with Crippen molar-refractivity contribution in [2.24, 2.45) is 0 Å². The highest BCUT2D eigenvalue weighted by molar-refractivity contribution is 5.82. The van der Waals surface area contributed by atoms with E-state index >= 15 is 0 Å². The van der Waals surface area contributed by atoms with Crippen LogP contribution < -0.4 is 4.89 Å². The minimum Gasteiger partial charge on any atom is -0.356 e. The predicted octanol–water partition coefficient (Wildman–Crippen LogP) is 3.33. The summed E-state index contributed by atoms with van der Waals surface area (Å²) in [5.41, 5.74) is 6.82. The summed E-state index contributed by atoms with van der Waals surface area (Å²) in [4.78, 5) is 22.9. The molecule has 3 heterocycles. The van der Waals surface area contributed by atoms with Gasteiger partial charge in [-0.05, 0) is 37.3 Å². The van der Waals surface area contributed by atoms with Gasteiger partial charge in [0.05, 0.1) is 17.2 Å². The van der Waals surface area contributed by atoms with Crippen LogP contribution in [-0.4, -0.2) is 15.0 Å². The molecule has 1 aromatic carbocycles. The Hall–Kier alpha value is -2.40. The molecule has 0 spiro atoms. The topological polar surface area (TPSA) is 60.0 Å². The number of nitrogens with one attached hydrogen (secondary N) is 1. The number of benzene rings is 1. The molecule has 0 fully saturated rings. The monoisotopic (exact) mass is 293 g/mol. The Balaban J connectivity index is 1.65. The lowest BCUT2D eigenvalue weighted by Gasteiger charge is -2.10. The van der Waals surface area contributed by atoms with Crippen LogP contribution in [0.25, 0.3) is 22.4 Å². The molecule has 5 rings (SSSR count). The van der Waals surface area contributed by atoms with E-state index in [4.69, 9.17) is 14.8 Å². The van der Waals surface area contributed by atoms with Crippen LogP contribution in [0, 0.1) is 0 Å². The molecule has 1 aliphatic carbocycles. The van der Waals surface area contributed by atoms with Gasteiger partial charge >= 0.3 is 0 Å². The zero-order valence-electron chi connectivity index (χ0n) is 12.1. The van der Waals surface area contributed by atoms with Crippen LogP contribution in [-0.2, 0) is 24.3 Å². The van der Waals surface area contributed by atoms with E-state index in [0.29, 0.717) is 6.61 Å². The fraction of sp³-hybridized carbons (Fsp3) is 0.294. The van der Waals surface area contributed by atoms with Crippen molar-refractivity contribution < 1.29 is 9.78 Å². The third kappa shape index (κ3) is 1.75. The van der Waals surface area contributed by atoms with Gasteiger partial charge in [0.1, 0.15) is 6.61 Å². The molecule has 1 N–H and O–H groups in total. The van der Waals surface area contributed by atoms with Gasteiger partial charge < -0.3 is 9.87 Å². The number of aromatic nitrogens is 3. The second-order valence-electron chi connectivity index (χ2n) is 5.91. The van der Waals surface area contributed by atoms with Crippen LogP contribution >= 0.6 is 0 Å². The lowest BCUT2D eigenvalue weighted by molar-refractivity contribution is -0.194. The molecule has 2 aromatic heterocycles. The molecule has 0 bridgehead atoms. The highest BCUT2D eigenvalue weighted by atomic mass is 17.2. The molecule has 22 heavy (non-hydrogen) atoms. The maximum Gasteiger partial charge on any atom is 0.171 e. The van der Waals surface area contributed by atoms with Crippen molar-refractivity contribution in [2.45, 2.75) is 32.3 Å². The van der Waals surface area contributed by atoms with E-state index in [2.05, 4.69) is 9.97 Å². The summed E-state index contributed by atoms with van der Waals surface area (Å²) >= 11 is 0. The van der Waals surface area contributed by atoms with Crippen molar-refractivity contribution in [3.8, 4) is 17.1 Å². The fourth-order valence-electron chi connectivity index (χ4n) is 3.36. The van der Waals surface area contributed by atoms with Crippen LogP contribution in [0.5, 0.6) is 5.75 Å². The predicted molar refractivity (Wildman–Crippen MR) is 81.4 cm³/mol. The number of fused-ring (bicyclic) bond motifs is 4. The van der Waals surface area contributed by atoms with Crippen molar-refractivity contribution in [1.82, 2.24) is 15.0 Å². The molecule has 5 heteroatoms. The van der Waals surface area contributed by atoms with Gasteiger partial charge in [-0.25, -0.2) is 9.97 Å². The largest absolute Gasteiger partial charge is 0.356 e. The SMILES string of the molecule is c1cc2c(cc1-c1ncc3[nH]c4c(c3n1)CCCC4)OOC2. The molecule has 0 saturated carbocycles. The normalized spacial score (nSPS) is 16.4. The maximum atomic E-state index is 5.16. The number of hydrogen-bond donors (Lipinski definition) is 1. The highest BCUT2D eigenvalue weighted by Gasteiger charge is 2.19. The van der Waals surface area contributed by atoms with Gasteiger partial charge in [-0.15, -0.1) is 0 Å². The van der Waals surface area contributed by atoms with Crippen molar-refractivity contribution in [1.29, 1.82) is 0 Å². The number of nitrogens with zero attached hydrogens (tertiary/aromatic N) is 2. The first-order valence-corrected chi connectivity index (χ1v) is 7.68. The second-order valence-corrected chi connectivity index (χ2v) is 5.91. The number of H-pyrrole nitrogens is 1. The van der Waals surface area contributed by atoms with Gasteiger partial charge in [0.15, 0.2) is 11.6 Å². The average molecular weight is 293 g/mol. The van der Waals surface area contributed by atoms with E-state index in [1.54, 1.807) is 0 Å². The van der Waals surface area contributed by atoms with Gasteiger partial charge in [0, 0.05) is 16.8 Å². The molecule has 110 valence electrons. The van der Waals surface area contributed by atoms with Crippen LogP contribution in [0.4, 0.5) is 0 Å². The van der Waals surface area contributed by atoms with E-state index in [0.717, 1.165) is 46.6 Å². The molecular weight excluding hydrogens is 278 g/mol. The van der Waals surface area contributed by atoms with Gasteiger partial charge in [0.2, 0.25) is 0 Å².